The van der Waals surface area contributed by atoms with Gasteiger partial charge in [-0.1, -0.05) is 6.07 Å². The van der Waals surface area contributed by atoms with Crippen molar-refractivity contribution in [3.8, 4) is 11.6 Å². The van der Waals surface area contributed by atoms with Crippen molar-refractivity contribution >= 4 is 18.3 Å². The first kappa shape index (κ1) is 12.5. The van der Waals surface area contributed by atoms with Gasteiger partial charge in [0.05, 0.1) is 13.2 Å². The summed E-state index contributed by atoms with van der Waals surface area (Å²) in [5, 5.41) is 9.52. The molecule has 0 aliphatic carbocycles. The van der Waals surface area contributed by atoms with Crippen molar-refractivity contribution in [1.82, 2.24) is 4.98 Å². The van der Waals surface area contributed by atoms with Crippen LogP contribution in [0.15, 0.2) is 35.1 Å². The molecule has 0 bridgehead atoms. The molecule has 1 aliphatic rings. The highest BCUT2D eigenvalue weighted by molar-refractivity contribution is 6.61. The molecule has 0 amide bonds. The SMILES string of the molecule is [C-]#[N+]c1ccc(Oc2ccc3c(c2)COB3O)[nH]c1=O. The van der Waals surface area contributed by atoms with E-state index in [1.165, 1.54) is 12.1 Å². The molecule has 3 rings (SSSR count). The average molecular weight is 268 g/mol. The number of fused-ring (bicyclic) bond motifs is 1. The highest BCUT2D eigenvalue weighted by Gasteiger charge is 2.27. The van der Waals surface area contributed by atoms with E-state index >= 15 is 0 Å². The Morgan fingerprint density at radius 1 is 1.40 bits per heavy atom. The quantitative estimate of drug-likeness (QED) is 0.627. The third-order valence-electron chi connectivity index (χ3n) is 2.99. The van der Waals surface area contributed by atoms with E-state index in [2.05, 4.69) is 9.83 Å². The van der Waals surface area contributed by atoms with Crippen molar-refractivity contribution in [3.63, 3.8) is 0 Å². The van der Waals surface area contributed by atoms with Crippen molar-refractivity contribution < 1.29 is 14.4 Å². The summed E-state index contributed by atoms with van der Waals surface area (Å²) in [6.45, 7) is 7.13. The van der Waals surface area contributed by atoms with Crippen LogP contribution in [0.4, 0.5) is 5.69 Å². The molecule has 0 spiro atoms. The van der Waals surface area contributed by atoms with Crippen LogP contribution in [0.2, 0.25) is 0 Å². The number of H-pyrrole nitrogens is 1. The second-order valence-corrected chi connectivity index (χ2v) is 4.27. The lowest BCUT2D eigenvalue weighted by Crippen LogP contribution is -2.27. The maximum absolute atomic E-state index is 11.5. The van der Waals surface area contributed by atoms with E-state index in [1.807, 2.05) is 0 Å². The lowest BCUT2D eigenvalue weighted by Gasteiger charge is -2.07. The van der Waals surface area contributed by atoms with Gasteiger partial charge in [-0.05, 0) is 35.3 Å². The second kappa shape index (κ2) is 4.85. The number of aromatic nitrogens is 1. The topological polar surface area (TPSA) is 75.9 Å². The van der Waals surface area contributed by atoms with Gasteiger partial charge >= 0.3 is 7.12 Å². The number of nitrogens with one attached hydrogen (secondary N) is 1. The van der Waals surface area contributed by atoms with Gasteiger partial charge in [-0.2, -0.15) is 0 Å². The van der Waals surface area contributed by atoms with E-state index in [0.717, 1.165) is 5.56 Å². The Morgan fingerprint density at radius 2 is 2.25 bits per heavy atom. The van der Waals surface area contributed by atoms with Gasteiger partial charge < -0.3 is 19.4 Å². The first-order valence-electron chi connectivity index (χ1n) is 5.88. The Bertz CT molecular complexity index is 766. The summed E-state index contributed by atoms with van der Waals surface area (Å²) in [6.07, 6.45) is 0. The number of nitrogens with zero attached hydrogens (tertiary/aromatic N) is 1. The summed E-state index contributed by atoms with van der Waals surface area (Å²) in [7, 11) is -0.892. The van der Waals surface area contributed by atoms with Gasteiger partial charge in [-0.25, -0.2) is 4.85 Å². The Balaban J connectivity index is 1.87. The Labute approximate surface area is 114 Å². The Hall–Kier alpha value is -2.56. The molecule has 6 nitrogen and oxygen atoms in total. The highest BCUT2D eigenvalue weighted by atomic mass is 16.5. The molecule has 1 aliphatic heterocycles. The highest BCUT2D eigenvalue weighted by Crippen LogP contribution is 2.22. The largest absolute Gasteiger partial charge is 0.491 e. The molecule has 2 N–H and O–H groups in total. The molecule has 7 heteroatoms. The minimum absolute atomic E-state index is 0.0165. The first-order chi connectivity index (χ1) is 9.67. The predicted molar refractivity (Wildman–Crippen MR) is 72.2 cm³/mol. The van der Waals surface area contributed by atoms with Crippen LogP contribution in [0.25, 0.3) is 4.85 Å². The molecule has 0 saturated heterocycles. The smallest absolute Gasteiger partial charge is 0.441 e. The Morgan fingerprint density at radius 3 is 3.00 bits per heavy atom. The van der Waals surface area contributed by atoms with Crippen molar-refractivity contribution in [1.29, 1.82) is 0 Å². The number of pyridine rings is 1. The summed E-state index contributed by atoms with van der Waals surface area (Å²) in [5.74, 6) is 0.773. The van der Waals surface area contributed by atoms with E-state index in [0.29, 0.717) is 17.8 Å². The molecular formula is C13H9BN2O4. The number of benzene rings is 1. The zero-order chi connectivity index (χ0) is 14.1. The minimum Gasteiger partial charge on any atom is -0.441 e. The number of rotatable bonds is 2. The van der Waals surface area contributed by atoms with Crippen LogP contribution in [0, 0.1) is 6.57 Å². The average Bonchev–Trinajstić information content (AvgIpc) is 2.80. The maximum atomic E-state index is 11.5. The fraction of sp³-hybridized carbons (Fsp3) is 0.0769. The van der Waals surface area contributed by atoms with E-state index in [4.69, 9.17) is 16.0 Å². The molecule has 0 saturated carbocycles. The van der Waals surface area contributed by atoms with Crippen LogP contribution >= 0.6 is 0 Å². The van der Waals surface area contributed by atoms with Crippen LogP contribution in [0.3, 0.4) is 0 Å². The summed E-state index contributed by atoms with van der Waals surface area (Å²) in [4.78, 5) is 17.0. The van der Waals surface area contributed by atoms with Gasteiger partial charge in [-0.15, -0.1) is 0 Å². The molecule has 0 unspecified atom stereocenters. The van der Waals surface area contributed by atoms with Crippen LogP contribution < -0.4 is 15.8 Å². The molecule has 2 heterocycles. The molecule has 1 aromatic carbocycles. The first-order valence-corrected chi connectivity index (χ1v) is 5.88. The van der Waals surface area contributed by atoms with Gasteiger partial charge in [0.15, 0.2) is 5.88 Å². The summed E-state index contributed by atoms with van der Waals surface area (Å²) in [6, 6.07) is 8.06. The van der Waals surface area contributed by atoms with Crippen molar-refractivity contribution in [2.24, 2.45) is 0 Å². The van der Waals surface area contributed by atoms with Crippen molar-refractivity contribution in [3.05, 3.63) is 57.7 Å². The van der Waals surface area contributed by atoms with Crippen LogP contribution in [0.5, 0.6) is 11.6 Å². The third-order valence-corrected chi connectivity index (χ3v) is 2.99. The van der Waals surface area contributed by atoms with Gasteiger partial charge in [0.1, 0.15) is 5.75 Å². The molecule has 2 aromatic rings. The fourth-order valence-electron chi connectivity index (χ4n) is 1.99. The molecule has 0 fully saturated rings. The molecule has 98 valence electrons. The molecule has 1 aromatic heterocycles. The summed E-state index contributed by atoms with van der Waals surface area (Å²) in [5.41, 5.74) is 1.09. The van der Waals surface area contributed by atoms with Crippen LogP contribution in [0.1, 0.15) is 5.56 Å². The normalized spacial score (nSPS) is 12.9. The zero-order valence-electron chi connectivity index (χ0n) is 10.3. The summed E-state index contributed by atoms with van der Waals surface area (Å²) >= 11 is 0. The molecule has 20 heavy (non-hydrogen) atoms. The van der Waals surface area contributed by atoms with Crippen LogP contribution in [-0.4, -0.2) is 17.1 Å². The number of hydrogen-bond acceptors (Lipinski definition) is 4. The molecule has 0 radical (unpaired) electrons. The van der Waals surface area contributed by atoms with Gasteiger partial charge in [0, 0.05) is 0 Å². The van der Waals surface area contributed by atoms with Gasteiger partial charge in [0.25, 0.3) is 11.2 Å². The summed E-state index contributed by atoms with van der Waals surface area (Å²) < 4.78 is 10.6. The third kappa shape index (κ3) is 2.18. The molecular weight excluding hydrogens is 259 g/mol. The van der Waals surface area contributed by atoms with E-state index < -0.39 is 12.7 Å². The lowest BCUT2D eigenvalue weighted by molar-refractivity contribution is 0.275. The standard InChI is InChI=1S/C13H9BN2O4/c1-15-11-4-5-12(16-13(11)17)20-9-2-3-10-8(6-9)7-19-14(10)18/h2-6,18H,7H2,(H,16,17). The Kier molecular flexibility index (Phi) is 3.02. The second-order valence-electron chi connectivity index (χ2n) is 4.27. The fourth-order valence-corrected chi connectivity index (χ4v) is 1.99. The lowest BCUT2D eigenvalue weighted by atomic mass is 9.80. The monoisotopic (exact) mass is 268 g/mol. The minimum atomic E-state index is -0.892. The predicted octanol–water partition coefficient (Wildman–Crippen LogP) is 0.936. The molecule has 0 atom stereocenters. The number of ether oxygens (including phenoxy) is 1. The number of aromatic amines is 1. The maximum Gasteiger partial charge on any atom is 0.491 e. The van der Waals surface area contributed by atoms with Gasteiger partial charge in [0.2, 0.25) is 0 Å². The van der Waals surface area contributed by atoms with E-state index in [9.17, 15) is 9.82 Å². The van der Waals surface area contributed by atoms with Crippen molar-refractivity contribution in [2.75, 3.05) is 0 Å². The van der Waals surface area contributed by atoms with E-state index in [-0.39, 0.29) is 11.6 Å². The van der Waals surface area contributed by atoms with E-state index in [1.54, 1.807) is 18.2 Å². The van der Waals surface area contributed by atoms with Gasteiger partial charge in [-0.3, -0.25) is 4.79 Å². The zero-order valence-corrected chi connectivity index (χ0v) is 10.3. The number of hydrogen-bond donors (Lipinski definition) is 2. The van der Waals surface area contributed by atoms with Crippen molar-refractivity contribution in [2.45, 2.75) is 6.61 Å². The van der Waals surface area contributed by atoms with Crippen LogP contribution in [-0.2, 0) is 11.3 Å².